The summed E-state index contributed by atoms with van der Waals surface area (Å²) in [7, 11) is 0. The molecule has 2 atom stereocenters. The van der Waals surface area contributed by atoms with Crippen LogP contribution in [0.25, 0.3) is 0 Å². The van der Waals surface area contributed by atoms with Crippen molar-refractivity contribution in [1.82, 2.24) is 10.2 Å². The predicted molar refractivity (Wildman–Crippen MR) is 83.2 cm³/mol. The zero-order valence-corrected chi connectivity index (χ0v) is 13.4. The van der Waals surface area contributed by atoms with E-state index >= 15 is 0 Å². The summed E-state index contributed by atoms with van der Waals surface area (Å²) in [6.45, 7) is 5.99. The van der Waals surface area contributed by atoms with Crippen LogP contribution >= 0.6 is 11.6 Å². The third kappa shape index (κ3) is 3.21. The van der Waals surface area contributed by atoms with Crippen LogP contribution in [-0.4, -0.2) is 34.8 Å². The summed E-state index contributed by atoms with van der Waals surface area (Å²) in [5.41, 5.74) is 0.312. The molecule has 0 saturated carbocycles. The maximum atomic E-state index is 12.6. The van der Waals surface area contributed by atoms with Crippen LogP contribution in [0.5, 0.6) is 0 Å². The number of amides is 2. The lowest BCUT2D eigenvalue weighted by Crippen LogP contribution is -2.68. The van der Waals surface area contributed by atoms with Gasteiger partial charge in [0.15, 0.2) is 0 Å². The Balaban J connectivity index is 2.11. The van der Waals surface area contributed by atoms with Gasteiger partial charge in [0.2, 0.25) is 11.8 Å². The third-order valence-corrected chi connectivity index (χ3v) is 4.49. The van der Waals surface area contributed by atoms with Crippen molar-refractivity contribution in [3.63, 3.8) is 0 Å². The Labute approximate surface area is 130 Å². The lowest BCUT2D eigenvalue weighted by Gasteiger charge is -2.43. The van der Waals surface area contributed by atoms with Gasteiger partial charge in [-0.1, -0.05) is 30.7 Å². The van der Waals surface area contributed by atoms with Gasteiger partial charge in [0, 0.05) is 11.6 Å². The molecule has 1 aromatic rings. The molecule has 114 valence electrons. The van der Waals surface area contributed by atoms with Crippen LogP contribution in [0.3, 0.4) is 0 Å². The quantitative estimate of drug-likeness (QED) is 0.928. The monoisotopic (exact) mass is 308 g/mol. The first kappa shape index (κ1) is 15.8. The van der Waals surface area contributed by atoms with Gasteiger partial charge in [-0.05, 0) is 44.4 Å². The summed E-state index contributed by atoms with van der Waals surface area (Å²) < 4.78 is 0. The van der Waals surface area contributed by atoms with Gasteiger partial charge in [0.1, 0.15) is 11.6 Å². The molecule has 0 aromatic heterocycles. The van der Waals surface area contributed by atoms with Crippen molar-refractivity contribution in [2.24, 2.45) is 0 Å². The van der Waals surface area contributed by atoms with Gasteiger partial charge in [0.25, 0.3) is 0 Å². The number of benzene rings is 1. The Morgan fingerprint density at radius 3 is 2.48 bits per heavy atom. The summed E-state index contributed by atoms with van der Waals surface area (Å²) in [6, 6.07) is 7.13. The second-order valence-corrected chi connectivity index (χ2v) is 6.16. The molecule has 0 radical (unpaired) electrons. The smallest absolute Gasteiger partial charge is 0.248 e. The summed E-state index contributed by atoms with van der Waals surface area (Å²) in [4.78, 5) is 26.3. The summed E-state index contributed by atoms with van der Waals surface area (Å²) >= 11 is 5.86. The Kier molecular flexibility index (Phi) is 4.57. The molecule has 0 bridgehead atoms. The Bertz CT molecular complexity index is 544. The molecule has 1 saturated heterocycles. The second kappa shape index (κ2) is 6.06. The van der Waals surface area contributed by atoms with Crippen LogP contribution in [0, 0.1) is 0 Å². The molecule has 4 nitrogen and oxygen atoms in total. The lowest BCUT2D eigenvalue weighted by molar-refractivity contribution is -0.153. The zero-order valence-electron chi connectivity index (χ0n) is 12.6. The van der Waals surface area contributed by atoms with Crippen molar-refractivity contribution in [2.45, 2.75) is 45.2 Å². The van der Waals surface area contributed by atoms with Gasteiger partial charge in [0.05, 0.1) is 0 Å². The highest BCUT2D eigenvalue weighted by Gasteiger charge is 2.44. The molecule has 2 unspecified atom stereocenters. The van der Waals surface area contributed by atoms with Crippen LogP contribution in [0.2, 0.25) is 5.02 Å². The van der Waals surface area contributed by atoms with E-state index in [0.29, 0.717) is 24.4 Å². The fourth-order valence-electron chi connectivity index (χ4n) is 2.50. The average molecular weight is 309 g/mol. The zero-order chi connectivity index (χ0) is 15.6. The molecule has 21 heavy (non-hydrogen) atoms. The highest BCUT2D eigenvalue weighted by molar-refractivity contribution is 6.30. The van der Waals surface area contributed by atoms with E-state index in [-0.39, 0.29) is 11.8 Å². The number of halogens is 1. The number of carbonyl (C=O) groups excluding carboxylic acids is 2. The molecular weight excluding hydrogens is 288 g/mol. The number of nitrogens with one attached hydrogen (secondary N) is 1. The average Bonchev–Trinajstić information content (AvgIpc) is 2.47. The Morgan fingerprint density at radius 2 is 1.90 bits per heavy atom. The van der Waals surface area contributed by atoms with Crippen molar-refractivity contribution in [3.05, 3.63) is 34.9 Å². The summed E-state index contributed by atoms with van der Waals surface area (Å²) in [5, 5.41) is 3.52. The van der Waals surface area contributed by atoms with E-state index in [1.54, 1.807) is 18.7 Å². The van der Waals surface area contributed by atoms with Crippen LogP contribution in [-0.2, 0) is 16.0 Å². The van der Waals surface area contributed by atoms with Gasteiger partial charge in [-0.25, -0.2) is 0 Å². The van der Waals surface area contributed by atoms with Gasteiger partial charge in [-0.3, -0.25) is 9.59 Å². The van der Waals surface area contributed by atoms with Gasteiger partial charge in [-0.15, -0.1) is 0 Å². The van der Waals surface area contributed by atoms with Crippen LogP contribution in [0.4, 0.5) is 0 Å². The number of carbonyl (C=O) groups is 2. The van der Waals surface area contributed by atoms with Crippen molar-refractivity contribution in [1.29, 1.82) is 0 Å². The van der Waals surface area contributed by atoms with Crippen molar-refractivity contribution in [2.75, 3.05) is 6.54 Å². The third-order valence-electron chi connectivity index (χ3n) is 4.24. The summed E-state index contributed by atoms with van der Waals surface area (Å²) in [6.07, 6.45) is 1.29. The maximum absolute atomic E-state index is 12.6. The van der Waals surface area contributed by atoms with Crippen LogP contribution in [0.1, 0.15) is 32.8 Å². The van der Waals surface area contributed by atoms with Crippen LogP contribution < -0.4 is 5.32 Å². The number of piperazine rings is 1. The molecule has 2 amide bonds. The molecular formula is C16H21ClN2O2. The highest BCUT2D eigenvalue weighted by atomic mass is 35.5. The van der Waals surface area contributed by atoms with Crippen LogP contribution in [0.15, 0.2) is 24.3 Å². The molecule has 1 fully saturated rings. The number of hydrogen-bond acceptors (Lipinski definition) is 2. The molecule has 1 heterocycles. The van der Waals surface area contributed by atoms with E-state index in [4.69, 9.17) is 11.6 Å². The largest absolute Gasteiger partial charge is 0.340 e. The topological polar surface area (TPSA) is 49.4 Å². The number of hydrogen-bond donors (Lipinski definition) is 1. The van der Waals surface area contributed by atoms with E-state index < -0.39 is 11.6 Å². The van der Waals surface area contributed by atoms with E-state index in [2.05, 4.69) is 5.32 Å². The minimum absolute atomic E-state index is 0.00827. The van der Waals surface area contributed by atoms with Gasteiger partial charge >= 0.3 is 0 Å². The fraction of sp³-hybridized carbons (Fsp3) is 0.500. The van der Waals surface area contributed by atoms with Gasteiger partial charge in [-0.2, -0.15) is 0 Å². The molecule has 0 aliphatic carbocycles. The van der Waals surface area contributed by atoms with E-state index in [9.17, 15) is 9.59 Å². The minimum Gasteiger partial charge on any atom is -0.340 e. The first-order valence-corrected chi connectivity index (χ1v) is 7.62. The first-order valence-electron chi connectivity index (χ1n) is 7.25. The van der Waals surface area contributed by atoms with Crippen molar-refractivity contribution >= 4 is 23.4 Å². The predicted octanol–water partition coefficient (Wildman–Crippen LogP) is 2.40. The van der Waals surface area contributed by atoms with Gasteiger partial charge < -0.3 is 10.2 Å². The first-order chi connectivity index (χ1) is 9.87. The van der Waals surface area contributed by atoms with E-state index in [1.165, 1.54) is 0 Å². The SMILES string of the molecule is CCC1(C)NC(=O)C(C)N(CCc2ccc(Cl)cc2)C1=O. The molecule has 1 aliphatic rings. The molecule has 1 N–H and O–H groups in total. The maximum Gasteiger partial charge on any atom is 0.248 e. The molecule has 1 aliphatic heterocycles. The van der Waals surface area contributed by atoms with E-state index in [0.717, 1.165) is 5.56 Å². The minimum atomic E-state index is -0.788. The fourth-order valence-corrected chi connectivity index (χ4v) is 2.63. The second-order valence-electron chi connectivity index (χ2n) is 5.73. The van der Waals surface area contributed by atoms with Crippen molar-refractivity contribution < 1.29 is 9.59 Å². The molecule has 1 aromatic carbocycles. The Morgan fingerprint density at radius 1 is 1.29 bits per heavy atom. The van der Waals surface area contributed by atoms with E-state index in [1.807, 2.05) is 31.2 Å². The molecule has 0 spiro atoms. The summed E-state index contributed by atoms with van der Waals surface area (Å²) in [5.74, 6) is -0.0962. The standard InChI is InChI=1S/C16H21ClN2O2/c1-4-16(3)15(21)19(11(2)14(20)18-16)10-9-12-5-7-13(17)8-6-12/h5-8,11H,4,9-10H2,1-3H3,(H,18,20). The lowest BCUT2D eigenvalue weighted by atomic mass is 9.92. The number of rotatable bonds is 4. The highest BCUT2D eigenvalue weighted by Crippen LogP contribution is 2.22. The van der Waals surface area contributed by atoms with Crippen molar-refractivity contribution in [3.8, 4) is 0 Å². The number of nitrogens with zero attached hydrogens (tertiary/aromatic N) is 1. The molecule has 5 heteroatoms. The normalized spacial score (nSPS) is 25.9. The Hall–Kier alpha value is -1.55. The molecule has 2 rings (SSSR count).